The SMILES string of the molecule is CCN(CC(=O)OC)Cc1cccc(C(F)(F)F)c1. The molecule has 0 spiro atoms. The van der Waals surface area contributed by atoms with E-state index in [4.69, 9.17) is 0 Å². The smallest absolute Gasteiger partial charge is 0.416 e. The molecule has 0 fully saturated rings. The van der Waals surface area contributed by atoms with Crippen molar-refractivity contribution in [2.45, 2.75) is 19.6 Å². The normalized spacial score (nSPS) is 11.7. The number of hydrogen-bond acceptors (Lipinski definition) is 3. The van der Waals surface area contributed by atoms with Crippen molar-refractivity contribution in [1.29, 1.82) is 0 Å². The number of esters is 1. The van der Waals surface area contributed by atoms with E-state index in [-0.39, 0.29) is 13.1 Å². The van der Waals surface area contributed by atoms with Crippen LogP contribution in [0.3, 0.4) is 0 Å². The summed E-state index contributed by atoms with van der Waals surface area (Å²) in [5, 5.41) is 0. The van der Waals surface area contributed by atoms with Gasteiger partial charge in [-0.2, -0.15) is 13.2 Å². The third kappa shape index (κ3) is 4.90. The molecule has 0 heterocycles. The number of likely N-dealkylation sites (N-methyl/N-ethyl adjacent to an activating group) is 1. The van der Waals surface area contributed by atoms with Crippen LogP contribution in [-0.2, 0) is 22.3 Å². The Bertz CT molecular complexity index is 432. The Kier molecular flexibility index (Phi) is 5.35. The third-order valence-electron chi connectivity index (χ3n) is 2.69. The van der Waals surface area contributed by atoms with Crippen LogP contribution in [0.4, 0.5) is 13.2 Å². The predicted molar refractivity (Wildman–Crippen MR) is 64.4 cm³/mol. The second kappa shape index (κ2) is 6.56. The van der Waals surface area contributed by atoms with Crippen LogP contribution >= 0.6 is 0 Å². The van der Waals surface area contributed by atoms with Gasteiger partial charge in [0.15, 0.2) is 0 Å². The summed E-state index contributed by atoms with van der Waals surface area (Å²) in [6.07, 6.45) is -4.35. The first-order valence-electron chi connectivity index (χ1n) is 5.82. The maximum atomic E-state index is 12.6. The molecular formula is C13H16F3NO2. The zero-order valence-electron chi connectivity index (χ0n) is 10.8. The maximum absolute atomic E-state index is 12.6. The van der Waals surface area contributed by atoms with Crippen LogP contribution in [0.15, 0.2) is 24.3 Å². The lowest BCUT2D eigenvalue weighted by Crippen LogP contribution is -2.30. The van der Waals surface area contributed by atoms with Gasteiger partial charge in [0.25, 0.3) is 0 Å². The summed E-state index contributed by atoms with van der Waals surface area (Å²) in [4.78, 5) is 12.9. The van der Waals surface area contributed by atoms with Gasteiger partial charge < -0.3 is 4.74 Å². The number of methoxy groups -OCH3 is 1. The lowest BCUT2D eigenvalue weighted by molar-refractivity contribution is -0.142. The maximum Gasteiger partial charge on any atom is 0.416 e. The molecule has 0 N–H and O–H groups in total. The Hall–Kier alpha value is -1.56. The standard InChI is InChI=1S/C13H16F3NO2/c1-3-17(9-12(18)19-2)8-10-5-4-6-11(7-10)13(14,15)16/h4-7H,3,8-9H2,1-2H3. The topological polar surface area (TPSA) is 29.5 Å². The molecule has 0 aliphatic heterocycles. The number of carbonyl (C=O) groups excluding carboxylic acids is 1. The van der Waals surface area contributed by atoms with Crippen molar-refractivity contribution in [2.24, 2.45) is 0 Å². The van der Waals surface area contributed by atoms with Crippen molar-refractivity contribution in [2.75, 3.05) is 20.2 Å². The number of hydrogen-bond donors (Lipinski definition) is 0. The highest BCUT2D eigenvalue weighted by molar-refractivity contribution is 5.71. The molecule has 3 nitrogen and oxygen atoms in total. The summed E-state index contributed by atoms with van der Waals surface area (Å²) in [6, 6.07) is 5.10. The van der Waals surface area contributed by atoms with E-state index < -0.39 is 17.7 Å². The van der Waals surface area contributed by atoms with Gasteiger partial charge in [-0.3, -0.25) is 9.69 Å². The lowest BCUT2D eigenvalue weighted by atomic mass is 10.1. The van der Waals surface area contributed by atoms with Crippen LogP contribution in [0, 0.1) is 0 Å². The molecule has 0 radical (unpaired) electrons. The van der Waals surface area contributed by atoms with E-state index >= 15 is 0 Å². The fourth-order valence-electron chi connectivity index (χ4n) is 1.63. The summed E-state index contributed by atoms with van der Waals surface area (Å²) >= 11 is 0. The minimum Gasteiger partial charge on any atom is -0.468 e. The largest absolute Gasteiger partial charge is 0.468 e. The number of rotatable bonds is 5. The summed E-state index contributed by atoms with van der Waals surface area (Å²) in [5.74, 6) is -0.408. The summed E-state index contributed by atoms with van der Waals surface area (Å²) in [6.45, 7) is 2.71. The highest BCUT2D eigenvalue weighted by atomic mass is 19.4. The zero-order chi connectivity index (χ0) is 14.5. The van der Waals surface area contributed by atoms with Crippen molar-refractivity contribution >= 4 is 5.97 Å². The highest BCUT2D eigenvalue weighted by Gasteiger charge is 2.30. The number of benzene rings is 1. The first-order chi connectivity index (χ1) is 8.86. The number of halogens is 3. The van der Waals surface area contributed by atoms with Gasteiger partial charge in [-0.15, -0.1) is 0 Å². The van der Waals surface area contributed by atoms with Crippen LogP contribution in [0.25, 0.3) is 0 Å². The summed E-state index contributed by atoms with van der Waals surface area (Å²) < 4.78 is 42.2. The molecule has 0 saturated heterocycles. The Morgan fingerprint density at radius 3 is 2.58 bits per heavy atom. The lowest BCUT2D eigenvalue weighted by Gasteiger charge is -2.19. The number of nitrogens with zero attached hydrogens (tertiary/aromatic N) is 1. The Morgan fingerprint density at radius 1 is 1.37 bits per heavy atom. The molecule has 6 heteroatoms. The van der Waals surface area contributed by atoms with Crippen LogP contribution in [-0.4, -0.2) is 31.1 Å². The van der Waals surface area contributed by atoms with Crippen molar-refractivity contribution in [1.82, 2.24) is 4.90 Å². The van der Waals surface area contributed by atoms with Crippen molar-refractivity contribution in [3.8, 4) is 0 Å². The van der Waals surface area contributed by atoms with Gasteiger partial charge in [-0.25, -0.2) is 0 Å². The Balaban J connectivity index is 2.77. The van der Waals surface area contributed by atoms with E-state index in [0.29, 0.717) is 12.1 Å². The molecule has 0 aromatic heterocycles. The van der Waals surface area contributed by atoms with Gasteiger partial charge in [-0.1, -0.05) is 25.1 Å². The number of alkyl halides is 3. The van der Waals surface area contributed by atoms with Crippen molar-refractivity contribution in [3.63, 3.8) is 0 Å². The van der Waals surface area contributed by atoms with E-state index in [9.17, 15) is 18.0 Å². The van der Waals surface area contributed by atoms with Gasteiger partial charge >= 0.3 is 12.1 Å². The third-order valence-corrected chi connectivity index (χ3v) is 2.69. The molecule has 19 heavy (non-hydrogen) atoms. The van der Waals surface area contributed by atoms with Gasteiger partial charge in [0, 0.05) is 6.54 Å². The fourth-order valence-corrected chi connectivity index (χ4v) is 1.63. The summed E-state index contributed by atoms with van der Waals surface area (Å²) in [5.41, 5.74) is -0.167. The molecule has 1 rings (SSSR count). The first kappa shape index (κ1) is 15.5. The van der Waals surface area contributed by atoms with Gasteiger partial charge in [0.2, 0.25) is 0 Å². The van der Waals surface area contributed by atoms with Crippen LogP contribution < -0.4 is 0 Å². The van der Waals surface area contributed by atoms with Gasteiger partial charge in [-0.05, 0) is 18.2 Å². The Morgan fingerprint density at radius 2 is 2.05 bits per heavy atom. The van der Waals surface area contributed by atoms with E-state index in [0.717, 1.165) is 12.1 Å². The van der Waals surface area contributed by atoms with Crippen molar-refractivity contribution in [3.05, 3.63) is 35.4 Å². The molecule has 1 aromatic rings. The molecule has 1 aromatic carbocycles. The molecule has 0 unspecified atom stereocenters. The van der Waals surface area contributed by atoms with E-state index in [2.05, 4.69) is 4.74 Å². The monoisotopic (exact) mass is 275 g/mol. The quantitative estimate of drug-likeness (QED) is 0.774. The molecule has 0 atom stereocenters. The molecule has 106 valence electrons. The first-order valence-corrected chi connectivity index (χ1v) is 5.82. The second-order valence-corrected chi connectivity index (χ2v) is 4.08. The summed E-state index contributed by atoms with van der Waals surface area (Å²) in [7, 11) is 1.28. The fraction of sp³-hybridized carbons (Fsp3) is 0.462. The van der Waals surface area contributed by atoms with E-state index in [1.807, 2.05) is 6.92 Å². The van der Waals surface area contributed by atoms with Gasteiger partial charge in [0.05, 0.1) is 19.2 Å². The number of carbonyl (C=O) groups is 1. The minimum atomic E-state index is -4.35. The average molecular weight is 275 g/mol. The van der Waals surface area contributed by atoms with Crippen LogP contribution in [0.5, 0.6) is 0 Å². The minimum absolute atomic E-state index is 0.0588. The van der Waals surface area contributed by atoms with E-state index in [1.165, 1.54) is 13.2 Å². The molecule has 0 saturated carbocycles. The molecule has 0 aliphatic rings. The van der Waals surface area contributed by atoms with Gasteiger partial charge in [0.1, 0.15) is 0 Å². The molecule has 0 bridgehead atoms. The highest BCUT2D eigenvalue weighted by Crippen LogP contribution is 2.29. The van der Waals surface area contributed by atoms with Crippen LogP contribution in [0.1, 0.15) is 18.1 Å². The van der Waals surface area contributed by atoms with Crippen molar-refractivity contribution < 1.29 is 22.7 Å². The van der Waals surface area contributed by atoms with Crippen LogP contribution in [0.2, 0.25) is 0 Å². The molecule has 0 amide bonds. The zero-order valence-corrected chi connectivity index (χ0v) is 10.8. The molecule has 0 aliphatic carbocycles. The predicted octanol–water partition coefficient (Wildman–Crippen LogP) is 2.70. The Labute approximate surface area is 110 Å². The van der Waals surface area contributed by atoms with E-state index in [1.54, 1.807) is 11.0 Å². The average Bonchev–Trinajstić information content (AvgIpc) is 2.37. The number of ether oxygens (including phenoxy) is 1. The molecular weight excluding hydrogens is 259 g/mol. The second-order valence-electron chi connectivity index (χ2n) is 4.08.